The molecule has 0 aliphatic carbocycles. The van der Waals surface area contributed by atoms with E-state index in [1.165, 1.54) is 10.5 Å². The van der Waals surface area contributed by atoms with Gasteiger partial charge in [-0.1, -0.05) is 18.2 Å². The topological polar surface area (TPSA) is 82.1 Å². The first-order valence-electron chi connectivity index (χ1n) is 7.62. The molecule has 0 spiro atoms. The second kappa shape index (κ2) is 6.92. The molecule has 2 aliphatic heterocycles. The van der Waals surface area contributed by atoms with E-state index in [4.69, 9.17) is 13.7 Å². The van der Waals surface area contributed by atoms with Crippen LogP contribution in [0.25, 0.3) is 5.57 Å². The lowest BCUT2D eigenvalue weighted by Gasteiger charge is -2.16. The Bertz CT molecular complexity index is 740. The maximum Gasteiger partial charge on any atom is 0.414 e. The molecule has 1 amide bonds. The summed E-state index contributed by atoms with van der Waals surface area (Å²) >= 11 is 0. The molecule has 2 heterocycles. The molecule has 1 saturated heterocycles. The summed E-state index contributed by atoms with van der Waals surface area (Å²) in [6, 6.07) is 7.62. The summed E-state index contributed by atoms with van der Waals surface area (Å²) in [6.07, 6.45) is 2.78. The van der Waals surface area contributed by atoms with Crippen molar-refractivity contribution in [3.63, 3.8) is 0 Å². The number of carbonyl (C=O) groups excluding carboxylic acids is 1. The van der Waals surface area contributed by atoms with E-state index in [2.05, 4.69) is 6.08 Å². The lowest BCUT2D eigenvalue weighted by molar-refractivity contribution is 0.107. The maximum atomic E-state index is 12.0. The number of anilines is 1. The summed E-state index contributed by atoms with van der Waals surface area (Å²) in [5.41, 5.74) is 3.04. The number of ether oxygens (including phenoxy) is 2. The summed E-state index contributed by atoms with van der Waals surface area (Å²) in [6.45, 7) is 1.42. The number of hydrogen-bond donors (Lipinski definition) is 0. The third kappa shape index (κ3) is 4.14. The number of nitrogens with zero attached hydrogens (tertiary/aromatic N) is 1. The molecule has 130 valence electrons. The molecule has 3 rings (SSSR count). The Morgan fingerprint density at radius 1 is 1.29 bits per heavy atom. The summed E-state index contributed by atoms with van der Waals surface area (Å²) in [7, 11) is -3.56. The predicted molar refractivity (Wildman–Crippen MR) is 88.3 cm³/mol. The minimum atomic E-state index is -3.56. The fourth-order valence-corrected chi connectivity index (χ4v) is 3.06. The highest BCUT2D eigenvalue weighted by Gasteiger charge is 2.33. The fraction of sp³-hybridized carbons (Fsp3) is 0.438. The van der Waals surface area contributed by atoms with Gasteiger partial charge in [0.15, 0.2) is 0 Å². The van der Waals surface area contributed by atoms with Crippen molar-refractivity contribution in [2.24, 2.45) is 0 Å². The molecule has 1 unspecified atom stereocenters. The van der Waals surface area contributed by atoms with Crippen LogP contribution in [0.1, 0.15) is 12.0 Å². The van der Waals surface area contributed by atoms with Gasteiger partial charge in [0.1, 0.15) is 12.7 Å². The average molecular weight is 353 g/mol. The van der Waals surface area contributed by atoms with Crippen molar-refractivity contribution in [3.05, 3.63) is 35.9 Å². The van der Waals surface area contributed by atoms with Gasteiger partial charge in [-0.25, -0.2) is 4.79 Å². The highest BCUT2D eigenvalue weighted by atomic mass is 32.2. The van der Waals surface area contributed by atoms with Crippen LogP contribution in [0.5, 0.6) is 0 Å². The molecular weight excluding hydrogens is 334 g/mol. The number of cyclic esters (lactones) is 1. The zero-order chi connectivity index (χ0) is 17.2. The molecule has 1 fully saturated rings. The highest BCUT2D eigenvalue weighted by molar-refractivity contribution is 7.85. The van der Waals surface area contributed by atoms with E-state index in [-0.39, 0.29) is 13.2 Å². The van der Waals surface area contributed by atoms with Crippen molar-refractivity contribution in [2.75, 3.05) is 37.5 Å². The molecular formula is C16H19NO6S. The van der Waals surface area contributed by atoms with E-state index in [1.54, 1.807) is 0 Å². The molecule has 0 N–H and O–H groups in total. The molecule has 1 atom stereocenters. The second-order valence-corrected chi connectivity index (χ2v) is 7.35. The Labute approximate surface area is 140 Å². The first-order chi connectivity index (χ1) is 11.4. The Kier molecular flexibility index (Phi) is 4.88. The van der Waals surface area contributed by atoms with Crippen molar-refractivity contribution in [1.29, 1.82) is 0 Å². The Balaban J connectivity index is 1.66. The molecule has 0 bridgehead atoms. The Morgan fingerprint density at radius 2 is 2.04 bits per heavy atom. The van der Waals surface area contributed by atoms with Gasteiger partial charge in [-0.2, -0.15) is 8.42 Å². The van der Waals surface area contributed by atoms with Crippen molar-refractivity contribution in [1.82, 2.24) is 0 Å². The monoisotopic (exact) mass is 353 g/mol. The van der Waals surface area contributed by atoms with E-state index in [0.717, 1.165) is 18.2 Å². The fourth-order valence-electron chi connectivity index (χ4n) is 2.66. The first-order valence-corrected chi connectivity index (χ1v) is 9.44. The van der Waals surface area contributed by atoms with Crippen LogP contribution in [0.4, 0.5) is 10.5 Å². The van der Waals surface area contributed by atoms with Gasteiger partial charge in [-0.3, -0.25) is 9.08 Å². The highest BCUT2D eigenvalue weighted by Crippen LogP contribution is 2.26. The van der Waals surface area contributed by atoms with Gasteiger partial charge in [0, 0.05) is 5.69 Å². The minimum absolute atomic E-state index is 0.175. The van der Waals surface area contributed by atoms with Crippen LogP contribution in [0.3, 0.4) is 0 Å². The van der Waals surface area contributed by atoms with E-state index < -0.39 is 22.3 Å². The lowest BCUT2D eigenvalue weighted by atomic mass is 10.0. The van der Waals surface area contributed by atoms with Crippen molar-refractivity contribution in [2.45, 2.75) is 12.5 Å². The van der Waals surface area contributed by atoms with Crippen LogP contribution < -0.4 is 4.90 Å². The van der Waals surface area contributed by atoms with Crippen molar-refractivity contribution >= 4 is 27.5 Å². The van der Waals surface area contributed by atoms with Gasteiger partial charge in [-0.15, -0.1) is 0 Å². The molecule has 2 aliphatic rings. The summed E-state index contributed by atoms with van der Waals surface area (Å²) in [4.78, 5) is 13.4. The van der Waals surface area contributed by atoms with E-state index in [1.807, 2.05) is 24.3 Å². The number of benzene rings is 1. The van der Waals surface area contributed by atoms with Crippen LogP contribution in [-0.2, 0) is 23.8 Å². The largest absolute Gasteiger partial charge is 0.441 e. The second-order valence-electron chi connectivity index (χ2n) is 5.71. The molecule has 24 heavy (non-hydrogen) atoms. The van der Waals surface area contributed by atoms with E-state index in [9.17, 15) is 13.2 Å². The smallest absolute Gasteiger partial charge is 0.414 e. The standard InChI is InChI=1S/C16H19NO6S/c1-24(19,20)22-11-15-10-17(16(18)23-15)14-4-2-12(3-5-14)13-6-8-21-9-7-13/h2-6,15H,7-11H2,1H3. The number of rotatable bonds is 5. The maximum absolute atomic E-state index is 12.0. The first kappa shape index (κ1) is 16.9. The molecule has 1 aromatic carbocycles. The molecule has 7 nitrogen and oxygen atoms in total. The third-order valence-corrected chi connectivity index (χ3v) is 4.42. The van der Waals surface area contributed by atoms with Crippen LogP contribution in [-0.4, -0.2) is 53.2 Å². The molecule has 8 heteroatoms. The summed E-state index contributed by atoms with van der Waals surface area (Å²) in [5.74, 6) is 0. The lowest BCUT2D eigenvalue weighted by Crippen LogP contribution is -2.26. The van der Waals surface area contributed by atoms with Crippen molar-refractivity contribution < 1.29 is 26.9 Å². The summed E-state index contributed by atoms with van der Waals surface area (Å²) < 4.78 is 37.2. The van der Waals surface area contributed by atoms with Crippen LogP contribution >= 0.6 is 0 Å². The van der Waals surface area contributed by atoms with Crippen LogP contribution in [0, 0.1) is 0 Å². The minimum Gasteiger partial charge on any atom is -0.441 e. The van der Waals surface area contributed by atoms with Gasteiger partial charge >= 0.3 is 6.09 Å². The normalized spacial score (nSPS) is 21.5. The number of carbonyl (C=O) groups is 1. The average Bonchev–Trinajstić information content (AvgIpc) is 2.94. The van der Waals surface area contributed by atoms with Crippen LogP contribution in [0.2, 0.25) is 0 Å². The zero-order valence-electron chi connectivity index (χ0n) is 13.3. The Morgan fingerprint density at radius 3 is 2.67 bits per heavy atom. The molecule has 1 aromatic rings. The Hall–Kier alpha value is -1.90. The van der Waals surface area contributed by atoms with Gasteiger partial charge in [-0.05, 0) is 29.7 Å². The van der Waals surface area contributed by atoms with Crippen LogP contribution in [0.15, 0.2) is 30.3 Å². The number of hydrogen-bond acceptors (Lipinski definition) is 6. The van der Waals surface area contributed by atoms with Gasteiger partial charge in [0.05, 0.1) is 26.0 Å². The molecule has 0 aromatic heterocycles. The molecule has 0 radical (unpaired) electrons. The van der Waals surface area contributed by atoms with Gasteiger partial charge in [0.25, 0.3) is 10.1 Å². The predicted octanol–water partition coefficient (Wildman–Crippen LogP) is 1.79. The summed E-state index contributed by atoms with van der Waals surface area (Å²) in [5, 5.41) is 0. The van der Waals surface area contributed by atoms with E-state index >= 15 is 0 Å². The quantitative estimate of drug-likeness (QED) is 0.751. The third-order valence-electron chi connectivity index (χ3n) is 3.86. The zero-order valence-corrected chi connectivity index (χ0v) is 14.1. The van der Waals surface area contributed by atoms with Crippen molar-refractivity contribution in [3.8, 4) is 0 Å². The van der Waals surface area contributed by atoms with Gasteiger partial charge < -0.3 is 9.47 Å². The SMILES string of the molecule is CS(=O)(=O)OCC1CN(c2ccc(C3=CCOCC3)cc2)C(=O)O1. The number of amides is 1. The van der Waals surface area contributed by atoms with E-state index in [0.29, 0.717) is 18.9 Å². The molecule has 0 saturated carbocycles. The van der Waals surface area contributed by atoms with Gasteiger partial charge in [0.2, 0.25) is 0 Å².